The lowest BCUT2D eigenvalue weighted by molar-refractivity contribution is 0.0232. The summed E-state index contributed by atoms with van der Waals surface area (Å²) in [4.78, 5) is 71.4. The fourth-order valence-corrected chi connectivity index (χ4v) is 9.25. The molecule has 5 amide bonds. The summed E-state index contributed by atoms with van der Waals surface area (Å²) in [6, 6.07) is 27.7. The molecule has 4 aromatic carbocycles. The first-order valence-corrected chi connectivity index (χ1v) is 28.3. The maximum atomic E-state index is 14.1. The second kappa shape index (κ2) is 29.5. The van der Waals surface area contributed by atoms with Crippen molar-refractivity contribution in [1.29, 1.82) is 10.5 Å². The zero-order chi connectivity index (χ0) is 59.5. The van der Waals surface area contributed by atoms with Gasteiger partial charge in [0.15, 0.2) is 0 Å². The third-order valence-corrected chi connectivity index (χ3v) is 13.3. The molecule has 19 nitrogen and oxygen atoms in total. The van der Waals surface area contributed by atoms with E-state index in [1.807, 2.05) is 51.3 Å². The number of rotatable bonds is 22. The van der Waals surface area contributed by atoms with Gasteiger partial charge in [-0.1, -0.05) is 0 Å². The van der Waals surface area contributed by atoms with E-state index in [9.17, 15) is 34.5 Å². The van der Waals surface area contributed by atoms with E-state index in [1.165, 1.54) is 0 Å². The molecule has 2 aliphatic heterocycles. The van der Waals surface area contributed by atoms with Crippen molar-refractivity contribution < 1.29 is 57.1 Å². The Hall–Kier alpha value is -8.19. The lowest BCUT2D eigenvalue weighted by Gasteiger charge is -2.32. The summed E-state index contributed by atoms with van der Waals surface area (Å²) < 4.78 is 41.5. The molecule has 82 heavy (non-hydrogen) atoms. The van der Waals surface area contributed by atoms with Gasteiger partial charge in [0.2, 0.25) is 0 Å². The first-order chi connectivity index (χ1) is 38.9. The molecule has 0 atom stereocenters. The summed E-state index contributed by atoms with van der Waals surface area (Å²) >= 11 is 0. The number of carbonyl (C=O) groups is 5. The molecule has 0 saturated carbocycles. The number of hydrogen-bond donors (Lipinski definition) is 2. The maximum Gasteiger partial charge on any atom is 0.410 e. The summed E-state index contributed by atoms with van der Waals surface area (Å²) in [5.41, 5.74) is -0.207. The van der Waals surface area contributed by atoms with Crippen LogP contribution >= 0.6 is 0 Å². The molecule has 2 saturated heterocycles. The zero-order valence-corrected chi connectivity index (χ0v) is 49.1. The average molecular weight is 1130 g/mol. The normalized spacial score (nSPS) is 14.1. The number of hydrogen-bond acceptors (Lipinski definition) is 14. The number of piperidine rings is 2. The Morgan fingerprint density at radius 3 is 1.21 bits per heavy atom. The van der Waals surface area contributed by atoms with Gasteiger partial charge in [0, 0.05) is 75.6 Å². The summed E-state index contributed by atoms with van der Waals surface area (Å²) in [6.07, 6.45) is 4.05. The highest BCUT2D eigenvalue weighted by atomic mass is 16.6. The van der Waals surface area contributed by atoms with E-state index in [0.29, 0.717) is 121 Å². The Bertz CT molecular complexity index is 2680. The molecule has 0 spiro atoms. The van der Waals surface area contributed by atoms with Crippen molar-refractivity contribution in [2.24, 2.45) is 11.8 Å². The summed E-state index contributed by atoms with van der Waals surface area (Å²) in [5, 5.41) is 24.3. The minimum absolute atomic E-state index is 0.175. The molecule has 2 heterocycles. The van der Waals surface area contributed by atoms with Crippen molar-refractivity contribution >= 4 is 30.1 Å². The van der Waals surface area contributed by atoms with E-state index >= 15 is 0 Å². The van der Waals surface area contributed by atoms with Gasteiger partial charge in [-0.05, 0) is 198 Å². The molecule has 2 N–H and O–H groups in total. The van der Waals surface area contributed by atoms with Gasteiger partial charge >= 0.3 is 18.3 Å². The van der Waals surface area contributed by atoms with E-state index in [0.717, 1.165) is 38.5 Å². The molecular weight excluding hydrogens is 1050 g/mol. The van der Waals surface area contributed by atoms with Crippen LogP contribution in [-0.2, 0) is 14.2 Å². The van der Waals surface area contributed by atoms with E-state index in [-0.39, 0.29) is 38.1 Å². The largest absolute Gasteiger partial charge is 0.493 e. The van der Waals surface area contributed by atoms with Crippen molar-refractivity contribution in [1.82, 2.24) is 25.3 Å². The molecule has 0 radical (unpaired) electrons. The van der Waals surface area contributed by atoms with Crippen molar-refractivity contribution in [3.05, 3.63) is 107 Å². The van der Waals surface area contributed by atoms with Crippen LogP contribution < -0.4 is 29.6 Å². The second-order valence-electron chi connectivity index (χ2n) is 23.6. The predicted octanol–water partition coefficient (Wildman–Crippen LogP) is 12.0. The third kappa shape index (κ3) is 21.7. The molecule has 0 aromatic heterocycles. The van der Waals surface area contributed by atoms with Crippen LogP contribution in [-0.4, -0.2) is 127 Å². The van der Waals surface area contributed by atoms with E-state index in [1.54, 1.807) is 111 Å². The van der Waals surface area contributed by atoms with Crippen molar-refractivity contribution in [3.8, 4) is 46.6 Å². The number of carbonyl (C=O) groups excluding carboxylic acids is 5. The molecule has 0 bridgehead atoms. The fraction of sp³-hybridized carbons (Fsp3) is 0.508. The fourth-order valence-electron chi connectivity index (χ4n) is 9.25. The van der Waals surface area contributed by atoms with E-state index < -0.39 is 35.1 Å². The Kier molecular flexibility index (Phi) is 22.7. The first-order valence-electron chi connectivity index (χ1n) is 28.3. The van der Waals surface area contributed by atoms with Crippen LogP contribution in [0.1, 0.15) is 146 Å². The van der Waals surface area contributed by atoms with Crippen LogP contribution in [0.2, 0.25) is 0 Å². The number of nitrogens with one attached hydrogen (secondary N) is 2. The van der Waals surface area contributed by atoms with Gasteiger partial charge in [0.05, 0.1) is 36.5 Å². The van der Waals surface area contributed by atoms with Crippen LogP contribution in [0.15, 0.2) is 84.9 Å². The van der Waals surface area contributed by atoms with Gasteiger partial charge in [-0.3, -0.25) is 9.59 Å². The number of amides is 5. The van der Waals surface area contributed by atoms with E-state index in [2.05, 4.69) is 22.8 Å². The van der Waals surface area contributed by atoms with Crippen LogP contribution in [0.3, 0.4) is 0 Å². The smallest absolute Gasteiger partial charge is 0.410 e. The number of nitriles is 2. The van der Waals surface area contributed by atoms with Gasteiger partial charge < -0.3 is 58.5 Å². The summed E-state index contributed by atoms with van der Waals surface area (Å²) in [5.74, 6) is 2.79. The topological polar surface area (TPSA) is 231 Å². The Morgan fingerprint density at radius 1 is 0.512 bits per heavy atom. The Labute approximate surface area is 483 Å². The molecule has 19 heteroatoms. The van der Waals surface area contributed by atoms with E-state index in [4.69, 9.17) is 33.2 Å². The first kappa shape index (κ1) is 63.0. The van der Waals surface area contributed by atoms with Crippen LogP contribution in [0.5, 0.6) is 34.5 Å². The number of benzene rings is 4. The van der Waals surface area contributed by atoms with Crippen LogP contribution in [0.4, 0.5) is 14.4 Å². The minimum Gasteiger partial charge on any atom is -0.493 e. The van der Waals surface area contributed by atoms with Crippen molar-refractivity contribution in [2.45, 2.75) is 130 Å². The Morgan fingerprint density at radius 2 is 0.866 bits per heavy atom. The van der Waals surface area contributed by atoms with Crippen molar-refractivity contribution in [2.75, 3.05) is 65.6 Å². The van der Waals surface area contributed by atoms with Crippen LogP contribution in [0.25, 0.3) is 0 Å². The highest BCUT2D eigenvalue weighted by molar-refractivity contribution is 5.96. The zero-order valence-electron chi connectivity index (χ0n) is 49.1. The third-order valence-electron chi connectivity index (χ3n) is 13.3. The maximum absolute atomic E-state index is 14.1. The molecular formula is C63H81N7O12. The highest BCUT2D eigenvalue weighted by Gasteiger charge is 2.28. The molecule has 2 fully saturated rings. The summed E-state index contributed by atoms with van der Waals surface area (Å²) in [6.45, 7) is 20.4. The number of nitrogens with zero attached hydrogens (tertiary/aromatic N) is 5. The Balaban J connectivity index is 1.07. The lowest BCUT2D eigenvalue weighted by Crippen LogP contribution is -2.39. The molecule has 2 aliphatic rings. The lowest BCUT2D eigenvalue weighted by atomic mass is 9.93. The predicted molar refractivity (Wildman–Crippen MR) is 308 cm³/mol. The second-order valence-corrected chi connectivity index (χ2v) is 23.6. The highest BCUT2D eigenvalue weighted by Crippen LogP contribution is 2.32. The van der Waals surface area contributed by atoms with Gasteiger partial charge in [0.25, 0.3) is 11.8 Å². The van der Waals surface area contributed by atoms with Gasteiger partial charge in [-0.2, -0.15) is 10.5 Å². The molecule has 0 unspecified atom stereocenters. The minimum atomic E-state index is -0.762. The number of ether oxygens (including phenoxy) is 7. The molecule has 4 aromatic rings. The SMILES string of the molecule is CC(C)(C)OC(=O)NCCC1CCN(C(=O)c2cc(OCCCN(CCCOc3cc(Oc4ccc(C#N)cc4)cc(C(=O)N4CCC(CCNC(=O)OC(C)(C)C)CC4)c3)C(=O)OC(C)(C)C)cc(Oc3ccc(C#N)cc3)c2)CC1. The molecule has 0 aliphatic carbocycles. The van der Waals surface area contributed by atoms with Gasteiger partial charge in [-0.15, -0.1) is 0 Å². The number of alkyl carbamates (subject to hydrolysis) is 2. The monoisotopic (exact) mass is 1130 g/mol. The molecule has 6 rings (SSSR count). The quantitative estimate of drug-likeness (QED) is 0.0551. The molecule has 440 valence electrons. The summed E-state index contributed by atoms with van der Waals surface area (Å²) in [7, 11) is 0. The van der Waals surface area contributed by atoms with Gasteiger partial charge in [0.1, 0.15) is 51.3 Å². The van der Waals surface area contributed by atoms with Crippen molar-refractivity contribution in [3.63, 3.8) is 0 Å². The number of likely N-dealkylation sites (tertiary alicyclic amines) is 2. The van der Waals surface area contributed by atoms with Crippen LogP contribution in [0, 0.1) is 34.5 Å². The van der Waals surface area contributed by atoms with Gasteiger partial charge in [-0.25, -0.2) is 14.4 Å². The average Bonchev–Trinajstić information content (AvgIpc) is 3.63. The standard InChI is InChI=1S/C63H81N7O12/c1-61(2,3)80-58(73)66-26-20-44-22-30-68(31-23-44)56(71)48-36-52(40-54(38-48)78-50-16-12-46(42-64)13-17-50)76-34-10-28-70(60(75)82-63(7,8)9)29-11-35-77-53-37-49(39-55(41-53)79-51-18-14-47(43-65)15-19-51)57(72)69-32-24-45(25-33-69)21-27-67-59(74)81-62(4,5)6/h12-19,36-41,44-45H,10-11,20-35H2,1-9H3,(H,66,73)(H,67,74).